The molecule has 17 heteroatoms. The highest BCUT2D eigenvalue weighted by molar-refractivity contribution is 7.93. The van der Waals surface area contributed by atoms with Crippen molar-refractivity contribution in [3.05, 3.63) is 76.3 Å². The number of likely N-dealkylation sites (tertiary alicyclic amines) is 1. The largest absolute Gasteiger partial charge is 0.573 e. The summed E-state index contributed by atoms with van der Waals surface area (Å²) in [6, 6.07) is 10.6. The Hall–Kier alpha value is -4.09. The van der Waals surface area contributed by atoms with Gasteiger partial charge in [0.25, 0.3) is 15.9 Å². The Morgan fingerprint density at radius 1 is 1.02 bits per heavy atom. The molecule has 2 aliphatic rings. The zero-order valence-electron chi connectivity index (χ0n) is 28.7. The molecule has 2 amide bonds. The maximum Gasteiger partial charge on any atom is 0.573 e. The number of amides is 2. The number of carbonyl (C=O) groups is 2. The first-order valence-corrected chi connectivity index (χ1v) is 17.6. The second kappa shape index (κ2) is 14.1. The van der Waals surface area contributed by atoms with Gasteiger partial charge >= 0.3 is 6.36 Å². The molecule has 0 aromatic heterocycles. The molecule has 51 heavy (non-hydrogen) atoms. The van der Waals surface area contributed by atoms with Crippen molar-refractivity contribution in [1.29, 1.82) is 0 Å². The quantitative estimate of drug-likeness (QED) is 0.304. The minimum atomic E-state index is -5.31. The summed E-state index contributed by atoms with van der Waals surface area (Å²) in [6.07, 6.45) is -6.56. The lowest BCUT2D eigenvalue weighted by Crippen LogP contribution is -2.59. The van der Waals surface area contributed by atoms with E-state index in [0.29, 0.717) is 23.0 Å². The minimum absolute atomic E-state index is 0.000304. The summed E-state index contributed by atoms with van der Waals surface area (Å²) >= 11 is 6.55. The number of methoxy groups -OCH3 is 2. The maximum absolute atomic E-state index is 15.5. The number of β-amino-alcohol motifs (C(OH)–C–C–N with tert-alkyl or cyclic N) is 1. The number of fused-ring (bicyclic) bond motifs is 1. The zero-order valence-corrected chi connectivity index (χ0v) is 30.3. The number of aliphatic hydroxyl groups excluding tert-OH is 1. The Labute approximate surface area is 298 Å². The number of likely N-dealkylation sites (N-methyl/N-ethyl adjacent to an activating group) is 1. The van der Waals surface area contributed by atoms with Crippen molar-refractivity contribution in [2.24, 2.45) is 0 Å². The predicted octanol–water partition coefficient (Wildman–Crippen LogP) is 4.21. The molecule has 0 spiro atoms. The van der Waals surface area contributed by atoms with Crippen LogP contribution < -0.4 is 18.5 Å². The molecule has 0 aliphatic carbocycles. The van der Waals surface area contributed by atoms with Gasteiger partial charge in [-0.2, -0.15) is 0 Å². The van der Waals surface area contributed by atoms with Crippen molar-refractivity contribution < 1.29 is 50.5 Å². The number of carbonyl (C=O) groups excluding carboxylic acids is 2. The van der Waals surface area contributed by atoms with Crippen molar-refractivity contribution in [3.63, 3.8) is 0 Å². The number of anilines is 1. The van der Waals surface area contributed by atoms with E-state index in [1.165, 1.54) is 56.3 Å². The number of aliphatic hydroxyl groups is 1. The van der Waals surface area contributed by atoms with Crippen LogP contribution in [-0.2, 0) is 31.7 Å². The molecule has 12 nitrogen and oxygen atoms in total. The average molecular weight is 755 g/mol. The highest BCUT2D eigenvalue weighted by Crippen LogP contribution is 2.55. The molecular formula is C34H38ClF3N4O8S. The van der Waals surface area contributed by atoms with E-state index in [1.54, 1.807) is 18.2 Å². The number of benzene rings is 3. The molecule has 3 atom stereocenters. The molecule has 2 heterocycles. The van der Waals surface area contributed by atoms with Crippen LogP contribution in [0.15, 0.2) is 59.5 Å². The fraction of sp³-hybridized carbons (Fsp3) is 0.412. The van der Waals surface area contributed by atoms with Crippen LogP contribution in [0.3, 0.4) is 0 Å². The van der Waals surface area contributed by atoms with Gasteiger partial charge in [0, 0.05) is 49.4 Å². The standard InChI is InChI=1S/C34H38ClF3N4O8S/c1-7-40(4)18-20-8-12-28(49-6)25(14-20)33(41-19-22(43)16-27(41)31(44)39(2)3)24-15-21(35)9-11-26(24)42(32(33)45)51(46,47)30-13-10-23(48-5)17-29(30)50-34(36,37)38/h8-15,17,22,27,43H,7,16,18-19H2,1-6H3/t22-,27+,33?/m1/s1. The van der Waals surface area contributed by atoms with Gasteiger partial charge < -0.3 is 29.1 Å². The van der Waals surface area contributed by atoms with E-state index in [0.717, 1.165) is 18.2 Å². The molecule has 0 bridgehead atoms. The molecular weight excluding hydrogens is 717 g/mol. The smallest absolute Gasteiger partial charge is 0.497 e. The SMILES string of the molecule is CCN(C)Cc1ccc(OC)c(C2(N3C[C@H](O)C[C@H]3C(=O)N(C)C)C(=O)N(S(=O)(=O)c3ccc(OC)cc3OC(F)(F)F)c3ccc(Cl)cc32)c1. The Kier molecular flexibility index (Phi) is 10.6. The van der Waals surface area contributed by atoms with Crippen LogP contribution in [-0.4, -0.2) is 107 Å². The van der Waals surface area contributed by atoms with Crippen LogP contribution in [0.1, 0.15) is 30.0 Å². The van der Waals surface area contributed by atoms with Crippen molar-refractivity contribution in [1.82, 2.24) is 14.7 Å². The number of nitrogens with zero attached hydrogens (tertiary/aromatic N) is 4. The lowest BCUT2D eigenvalue weighted by atomic mass is 9.80. The summed E-state index contributed by atoms with van der Waals surface area (Å²) in [4.78, 5) is 33.0. The van der Waals surface area contributed by atoms with Gasteiger partial charge in [0.15, 0.2) is 11.3 Å². The molecule has 1 fully saturated rings. The van der Waals surface area contributed by atoms with Crippen molar-refractivity contribution >= 4 is 39.1 Å². The fourth-order valence-electron chi connectivity index (χ4n) is 6.69. The van der Waals surface area contributed by atoms with Gasteiger partial charge in [-0.25, -0.2) is 12.7 Å². The molecule has 2 aliphatic heterocycles. The molecule has 1 saturated heterocycles. The van der Waals surface area contributed by atoms with Crippen LogP contribution in [0.5, 0.6) is 17.2 Å². The first kappa shape index (κ1) is 38.1. The molecule has 276 valence electrons. The molecule has 5 rings (SSSR count). The van der Waals surface area contributed by atoms with E-state index in [2.05, 4.69) is 4.74 Å². The minimum Gasteiger partial charge on any atom is -0.497 e. The fourth-order valence-corrected chi connectivity index (χ4v) is 8.42. The summed E-state index contributed by atoms with van der Waals surface area (Å²) in [5, 5.41) is 11.2. The second-order valence-corrected chi connectivity index (χ2v) is 14.7. The van der Waals surface area contributed by atoms with Crippen LogP contribution in [0.25, 0.3) is 0 Å². The average Bonchev–Trinajstić information content (AvgIpc) is 3.57. The summed E-state index contributed by atoms with van der Waals surface area (Å²) in [6.45, 7) is 2.74. The van der Waals surface area contributed by atoms with Crippen LogP contribution in [0.2, 0.25) is 5.02 Å². The van der Waals surface area contributed by atoms with Crippen molar-refractivity contribution in [2.45, 2.75) is 48.8 Å². The summed E-state index contributed by atoms with van der Waals surface area (Å²) in [5.41, 5.74) is -1.64. The monoisotopic (exact) mass is 754 g/mol. The van der Waals surface area contributed by atoms with Gasteiger partial charge in [-0.05, 0) is 68.0 Å². The van der Waals surface area contributed by atoms with E-state index < -0.39 is 56.5 Å². The first-order chi connectivity index (χ1) is 23.9. The Bertz CT molecular complexity index is 1950. The second-order valence-electron chi connectivity index (χ2n) is 12.5. The Morgan fingerprint density at radius 3 is 2.33 bits per heavy atom. The molecule has 1 unspecified atom stereocenters. The first-order valence-electron chi connectivity index (χ1n) is 15.8. The number of rotatable bonds is 11. The number of alkyl halides is 3. The van der Waals surface area contributed by atoms with Gasteiger partial charge in [-0.1, -0.05) is 24.6 Å². The highest BCUT2D eigenvalue weighted by Gasteiger charge is 2.64. The van der Waals surface area contributed by atoms with Gasteiger partial charge in [0.1, 0.15) is 16.4 Å². The van der Waals surface area contributed by atoms with Gasteiger partial charge in [-0.3, -0.25) is 14.5 Å². The Balaban J connectivity index is 1.88. The molecule has 0 radical (unpaired) electrons. The normalized spacial score (nSPS) is 20.9. The molecule has 0 saturated carbocycles. The third kappa shape index (κ3) is 6.82. The Morgan fingerprint density at radius 2 is 1.73 bits per heavy atom. The molecule has 3 aromatic rings. The third-order valence-electron chi connectivity index (χ3n) is 9.04. The van der Waals surface area contributed by atoms with Crippen molar-refractivity contribution in [3.8, 4) is 17.2 Å². The zero-order chi connectivity index (χ0) is 37.6. The van der Waals surface area contributed by atoms with E-state index in [9.17, 15) is 31.5 Å². The highest BCUT2D eigenvalue weighted by atomic mass is 35.5. The molecule has 3 aromatic carbocycles. The summed E-state index contributed by atoms with van der Waals surface area (Å²) in [7, 11) is 2.17. The summed E-state index contributed by atoms with van der Waals surface area (Å²) in [5.74, 6) is -2.79. The molecule has 1 N–H and O–H groups in total. The third-order valence-corrected chi connectivity index (χ3v) is 11.0. The van der Waals surface area contributed by atoms with Gasteiger partial charge in [0.05, 0.1) is 32.1 Å². The van der Waals surface area contributed by atoms with Gasteiger partial charge in [-0.15, -0.1) is 13.2 Å². The van der Waals surface area contributed by atoms with Crippen LogP contribution >= 0.6 is 11.6 Å². The van der Waals surface area contributed by atoms with Crippen molar-refractivity contribution in [2.75, 3.05) is 52.8 Å². The predicted molar refractivity (Wildman–Crippen MR) is 181 cm³/mol. The number of ether oxygens (including phenoxy) is 3. The van der Waals surface area contributed by atoms with E-state index in [-0.39, 0.29) is 46.3 Å². The van der Waals surface area contributed by atoms with Crippen LogP contribution in [0.4, 0.5) is 18.9 Å². The number of hydrogen-bond donors (Lipinski definition) is 1. The number of hydrogen-bond acceptors (Lipinski definition) is 10. The number of sulfonamides is 1. The van der Waals surface area contributed by atoms with E-state index >= 15 is 4.79 Å². The maximum atomic E-state index is 15.5. The summed E-state index contributed by atoms with van der Waals surface area (Å²) < 4.78 is 85.8. The number of halogens is 4. The van der Waals surface area contributed by atoms with E-state index in [1.807, 2.05) is 18.9 Å². The van der Waals surface area contributed by atoms with Crippen LogP contribution in [0, 0.1) is 0 Å². The lowest BCUT2D eigenvalue weighted by Gasteiger charge is -2.42. The topological polar surface area (TPSA) is 129 Å². The lowest BCUT2D eigenvalue weighted by molar-refractivity contribution is -0.275. The van der Waals surface area contributed by atoms with Gasteiger partial charge in [0.2, 0.25) is 5.91 Å². The van der Waals surface area contributed by atoms with E-state index in [4.69, 9.17) is 21.1 Å².